The van der Waals surface area contributed by atoms with Crippen LogP contribution in [0.3, 0.4) is 0 Å². The van der Waals surface area contributed by atoms with Gasteiger partial charge in [0.05, 0.1) is 4.92 Å². The molecule has 138 valence electrons. The molecule has 1 heterocycles. The van der Waals surface area contributed by atoms with E-state index in [1.54, 1.807) is 0 Å². The van der Waals surface area contributed by atoms with E-state index in [1.807, 2.05) is 0 Å². The Hall–Kier alpha value is -1.76. The fraction of sp³-hybridized carbons (Fsp3) is 0.417. The van der Waals surface area contributed by atoms with Crippen LogP contribution in [0.25, 0.3) is 0 Å². The maximum Gasteiger partial charge on any atom is 0.481 e. The molecule has 6 N–H and O–H groups in total. The highest BCUT2D eigenvalue weighted by molar-refractivity contribution is 7.76. The zero-order chi connectivity index (χ0) is 18.9. The lowest BCUT2D eigenvalue weighted by molar-refractivity contribution is -0.384. The van der Waals surface area contributed by atoms with Crippen molar-refractivity contribution in [1.82, 2.24) is 0 Å². The number of aliphatic hydroxyl groups excluding tert-OH is 3. The summed E-state index contributed by atoms with van der Waals surface area (Å²) in [4.78, 5) is 48.6. The summed E-state index contributed by atoms with van der Waals surface area (Å²) in [5.41, 5.74) is -1.92. The van der Waals surface area contributed by atoms with Crippen molar-refractivity contribution in [2.24, 2.45) is 0 Å². The predicted octanol–water partition coefficient (Wildman–Crippen LogP) is -1.95. The molecule has 12 nitrogen and oxygen atoms in total. The number of rotatable bonds is 5. The highest BCUT2D eigenvalue weighted by Gasteiger charge is 2.57. The van der Waals surface area contributed by atoms with E-state index in [0.717, 1.165) is 24.3 Å². The Kier molecular flexibility index (Phi) is 5.66. The molecule has 0 aromatic heterocycles. The number of hydrogen-bond donors (Lipinski definition) is 6. The Labute approximate surface area is 140 Å². The molecular formula is C12H15NO11P+. The molecule has 1 aromatic carbocycles. The van der Waals surface area contributed by atoms with Gasteiger partial charge < -0.3 is 24.8 Å². The van der Waals surface area contributed by atoms with E-state index in [1.165, 1.54) is 0 Å². The summed E-state index contributed by atoms with van der Waals surface area (Å²) in [7, 11) is -5.03. The summed E-state index contributed by atoms with van der Waals surface area (Å²) in [5.74, 6) is -0.0394. The summed E-state index contributed by atoms with van der Waals surface area (Å²) < 4.78 is 10.1. The second-order valence-electron chi connectivity index (χ2n) is 5.17. The first-order valence-electron chi connectivity index (χ1n) is 6.75. The first kappa shape index (κ1) is 19.6. The summed E-state index contributed by atoms with van der Waals surface area (Å²) in [6.07, 6.45) is -9.66. The van der Waals surface area contributed by atoms with Crippen LogP contribution < -0.4 is 4.74 Å². The number of aliphatic hydroxyl groups is 3. The Morgan fingerprint density at radius 1 is 1.08 bits per heavy atom. The number of non-ortho nitro benzene ring substituents is 1. The first-order valence-corrected chi connectivity index (χ1v) is 8.39. The van der Waals surface area contributed by atoms with E-state index in [-0.39, 0.29) is 11.4 Å². The summed E-state index contributed by atoms with van der Waals surface area (Å²) in [6, 6.07) is 4.49. The Morgan fingerprint density at radius 2 is 1.64 bits per heavy atom. The monoisotopic (exact) mass is 380 g/mol. The van der Waals surface area contributed by atoms with E-state index >= 15 is 0 Å². The largest absolute Gasteiger partial charge is 0.481 e. The third kappa shape index (κ3) is 4.26. The molecule has 5 atom stereocenters. The second-order valence-corrected chi connectivity index (χ2v) is 6.75. The van der Waals surface area contributed by atoms with Crippen LogP contribution in [0, 0.1) is 10.1 Å². The van der Waals surface area contributed by atoms with Gasteiger partial charge >= 0.3 is 13.5 Å². The number of nitro groups is 1. The molecule has 0 spiro atoms. The third-order valence-corrected chi connectivity index (χ3v) is 4.25. The molecule has 0 unspecified atom stereocenters. The van der Waals surface area contributed by atoms with Crippen LogP contribution in [0.15, 0.2) is 24.3 Å². The fourth-order valence-electron chi connectivity index (χ4n) is 2.10. The van der Waals surface area contributed by atoms with Crippen LogP contribution in [0.1, 0.15) is 0 Å². The molecule has 13 heteroatoms. The van der Waals surface area contributed by atoms with Gasteiger partial charge in [0.25, 0.3) is 5.69 Å². The highest BCUT2D eigenvalue weighted by atomic mass is 31.2. The van der Waals surface area contributed by atoms with Crippen molar-refractivity contribution < 1.29 is 49.2 Å². The van der Waals surface area contributed by atoms with Gasteiger partial charge in [-0.2, -0.15) is 14.7 Å². The zero-order valence-electron chi connectivity index (χ0n) is 12.3. The molecule has 0 amide bonds. The zero-order valence-corrected chi connectivity index (χ0v) is 13.2. The molecule has 1 aliphatic rings. The minimum atomic E-state index is -5.03. The predicted molar refractivity (Wildman–Crippen MR) is 79.0 cm³/mol. The summed E-state index contributed by atoms with van der Waals surface area (Å²) in [5, 5.41) is 39.9. The number of carbonyl (C=O) groups is 1. The quantitative estimate of drug-likeness (QED) is 0.188. The van der Waals surface area contributed by atoms with Gasteiger partial charge in [-0.1, -0.05) is 0 Å². The average Bonchev–Trinajstić information content (AvgIpc) is 2.54. The Balaban J connectivity index is 2.18. The van der Waals surface area contributed by atoms with Gasteiger partial charge in [-0.05, 0) is 12.1 Å². The van der Waals surface area contributed by atoms with E-state index in [0.29, 0.717) is 0 Å². The number of nitro benzene ring substituents is 1. The highest BCUT2D eigenvalue weighted by Crippen LogP contribution is 2.48. The van der Waals surface area contributed by atoms with Crippen LogP contribution in [0.4, 0.5) is 5.69 Å². The fourth-order valence-corrected chi connectivity index (χ4v) is 2.66. The Bertz CT molecular complexity index is 645. The van der Waals surface area contributed by atoms with Crippen LogP contribution in [0.2, 0.25) is 0 Å². The lowest BCUT2D eigenvalue weighted by Crippen LogP contribution is -2.61. The molecule has 0 saturated carbocycles. The third-order valence-electron chi connectivity index (χ3n) is 3.41. The van der Waals surface area contributed by atoms with Crippen LogP contribution in [0.5, 0.6) is 5.75 Å². The summed E-state index contributed by atoms with van der Waals surface area (Å²) >= 11 is 0. The minimum Gasteiger partial charge on any atom is -0.462 e. The molecule has 1 aromatic rings. The molecule has 2 rings (SSSR count). The normalized spacial score (nSPS) is 29.9. The maximum absolute atomic E-state index is 11.7. The van der Waals surface area contributed by atoms with Crippen molar-refractivity contribution in [3.63, 3.8) is 0 Å². The van der Waals surface area contributed by atoms with Crippen molar-refractivity contribution >= 4 is 19.2 Å². The molecule has 1 saturated heterocycles. The number of benzene rings is 1. The lowest BCUT2D eigenvalue weighted by Gasteiger charge is -2.38. The van der Waals surface area contributed by atoms with Gasteiger partial charge in [-0.15, -0.1) is 0 Å². The first-order chi connectivity index (χ1) is 11.5. The van der Waals surface area contributed by atoms with E-state index in [2.05, 4.69) is 0 Å². The number of nitrogens with zero attached hydrogens (tertiary/aromatic N) is 1. The van der Waals surface area contributed by atoms with Gasteiger partial charge in [-0.3, -0.25) is 10.1 Å². The number of hydrogen-bond acceptors (Lipinski definition) is 11. The van der Waals surface area contributed by atoms with Crippen LogP contribution in [-0.2, 0) is 9.53 Å². The van der Waals surface area contributed by atoms with E-state index in [4.69, 9.17) is 24.2 Å². The van der Waals surface area contributed by atoms with Crippen molar-refractivity contribution in [2.75, 3.05) is 0 Å². The van der Waals surface area contributed by atoms with Gasteiger partial charge in [0.2, 0.25) is 6.29 Å². The molecule has 1 aliphatic heterocycles. The topological polar surface area (TPSA) is 200 Å². The van der Waals surface area contributed by atoms with Gasteiger partial charge in [0.1, 0.15) is 24.1 Å². The minimum absolute atomic E-state index is 0.0394. The van der Waals surface area contributed by atoms with Crippen molar-refractivity contribution in [3.8, 4) is 5.75 Å². The second kappa shape index (κ2) is 7.23. The van der Waals surface area contributed by atoms with Gasteiger partial charge in [0.15, 0.2) is 6.10 Å². The molecule has 0 bridgehead atoms. The SMILES string of the molecule is O=C([C@H]1O[C@H](Oc2ccc([N+](=O)[O-])cc2)[C@@H](O)[C@@H](O)[C@@H]1O)[P+](O)(O)O. The summed E-state index contributed by atoms with van der Waals surface area (Å²) in [6.45, 7) is 0. The number of carbonyl (C=O) groups excluding carboxylic acids is 1. The van der Waals surface area contributed by atoms with E-state index < -0.39 is 49.1 Å². The van der Waals surface area contributed by atoms with E-state index in [9.17, 15) is 30.2 Å². The van der Waals surface area contributed by atoms with Gasteiger partial charge in [0, 0.05) is 12.1 Å². The standard InChI is InChI=1S/C12H15NO11P/c14-7-8(15)10(11(17)25(20,21)22)24-12(9(7)16)23-6-3-1-5(2-4-6)13(18)19/h1-4,7-10,12,14-16,20-22H/q+1/t7-,8-,9-,10-,12-/m0/s1. The molecular weight excluding hydrogens is 365 g/mol. The average molecular weight is 380 g/mol. The maximum atomic E-state index is 11.7. The van der Waals surface area contributed by atoms with Crippen molar-refractivity contribution in [3.05, 3.63) is 34.4 Å². The van der Waals surface area contributed by atoms with Gasteiger partial charge in [-0.25, -0.2) is 4.79 Å². The van der Waals surface area contributed by atoms with Crippen molar-refractivity contribution in [1.29, 1.82) is 0 Å². The Morgan fingerprint density at radius 3 is 2.12 bits per heavy atom. The molecule has 0 aliphatic carbocycles. The molecule has 25 heavy (non-hydrogen) atoms. The lowest BCUT2D eigenvalue weighted by atomic mass is 9.99. The smallest absolute Gasteiger partial charge is 0.462 e. The van der Waals surface area contributed by atoms with Crippen LogP contribution in [-0.4, -0.2) is 71.2 Å². The van der Waals surface area contributed by atoms with Crippen molar-refractivity contribution in [2.45, 2.75) is 30.7 Å². The van der Waals surface area contributed by atoms with Crippen LogP contribution >= 0.6 is 7.94 Å². The molecule has 1 fully saturated rings. The molecule has 0 radical (unpaired) electrons. The number of ether oxygens (including phenoxy) is 2.